The molecule has 0 saturated heterocycles. The van der Waals surface area contributed by atoms with Crippen molar-refractivity contribution in [1.29, 1.82) is 0 Å². The zero-order valence-corrected chi connectivity index (χ0v) is 14.0. The number of carbonyl (C=O) groups excluding carboxylic acids is 2. The van der Waals surface area contributed by atoms with Crippen LogP contribution in [0.4, 0.5) is 0 Å². The molecular weight excluding hydrogens is 280 g/mol. The van der Waals surface area contributed by atoms with E-state index in [4.69, 9.17) is 0 Å². The van der Waals surface area contributed by atoms with E-state index in [9.17, 15) is 9.59 Å². The molecule has 0 aromatic heterocycles. The number of esters is 1. The first-order valence-corrected chi connectivity index (χ1v) is 7.45. The van der Waals surface area contributed by atoms with Crippen LogP contribution >= 0.6 is 0 Å². The van der Waals surface area contributed by atoms with Crippen molar-refractivity contribution in [3.63, 3.8) is 0 Å². The van der Waals surface area contributed by atoms with Gasteiger partial charge in [0.1, 0.15) is 0 Å². The molecule has 0 bridgehead atoms. The van der Waals surface area contributed by atoms with Crippen molar-refractivity contribution in [2.24, 2.45) is 0 Å². The molecule has 5 nitrogen and oxygen atoms in total. The summed E-state index contributed by atoms with van der Waals surface area (Å²) in [4.78, 5) is 23.1. The van der Waals surface area contributed by atoms with E-state index in [0.717, 1.165) is 5.56 Å². The van der Waals surface area contributed by atoms with Gasteiger partial charge in [0.05, 0.1) is 12.7 Å². The van der Waals surface area contributed by atoms with Gasteiger partial charge in [0.2, 0.25) is 5.91 Å². The Morgan fingerprint density at radius 1 is 1.18 bits per heavy atom. The Balaban J connectivity index is 2.44. The highest BCUT2D eigenvalue weighted by atomic mass is 16.5. The summed E-state index contributed by atoms with van der Waals surface area (Å²) in [6.45, 7) is 8.51. The van der Waals surface area contributed by atoms with Crippen LogP contribution in [-0.2, 0) is 9.53 Å². The SMILES string of the molecule is COC(=O)c1ccc(C(C)NCCC(=O)NC(C)(C)C)cc1. The van der Waals surface area contributed by atoms with Crippen LogP contribution in [-0.4, -0.2) is 31.1 Å². The maximum absolute atomic E-state index is 11.7. The molecule has 0 aliphatic rings. The maximum atomic E-state index is 11.7. The summed E-state index contributed by atoms with van der Waals surface area (Å²) in [5.41, 5.74) is 1.39. The molecule has 1 unspecified atom stereocenters. The van der Waals surface area contributed by atoms with Crippen LogP contribution in [0.3, 0.4) is 0 Å². The molecule has 0 aliphatic heterocycles. The number of ether oxygens (including phenoxy) is 1. The van der Waals surface area contributed by atoms with Crippen LogP contribution < -0.4 is 10.6 Å². The number of benzene rings is 1. The molecule has 0 spiro atoms. The molecule has 1 aromatic rings. The second kappa shape index (κ2) is 7.94. The molecule has 0 aliphatic carbocycles. The fourth-order valence-electron chi connectivity index (χ4n) is 2.03. The van der Waals surface area contributed by atoms with Crippen molar-refractivity contribution in [1.82, 2.24) is 10.6 Å². The van der Waals surface area contributed by atoms with E-state index in [-0.39, 0.29) is 23.5 Å². The number of nitrogens with one attached hydrogen (secondary N) is 2. The summed E-state index contributed by atoms with van der Waals surface area (Å²) in [5.74, 6) is -0.306. The molecule has 22 heavy (non-hydrogen) atoms. The highest BCUT2D eigenvalue weighted by molar-refractivity contribution is 5.89. The van der Waals surface area contributed by atoms with Crippen LogP contribution in [0.1, 0.15) is 56.1 Å². The standard InChI is InChI=1S/C17H26N2O3/c1-12(18-11-10-15(20)19-17(2,3)4)13-6-8-14(9-7-13)16(21)22-5/h6-9,12,18H,10-11H2,1-5H3,(H,19,20). The molecule has 0 fully saturated rings. The molecule has 0 radical (unpaired) electrons. The van der Waals surface area contributed by atoms with Crippen LogP contribution in [0.15, 0.2) is 24.3 Å². The largest absolute Gasteiger partial charge is 0.465 e. The van der Waals surface area contributed by atoms with E-state index >= 15 is 0 Å². The number of carbonyl (C=O) groups is 2. The number of methoxy groups -OCH3 is 1. The number of hydrogen-bond donors (Lipinski definition) is 2. The van der Waals surface area contributed by atoms with Gasteiger partial charge in [-0.1, -0.05) is 12.1 Å². The lowest BCUT2D eigenvalue weighted by atomic mass is 10.1. The van der Waals surface area contributed by atoms with Crippen LogP contribution in [0.5, 0.6) is 0 Å². The van der Waals surface area contributed by atoms with E-state index in [1.807, 2.05) is 39.8 Å². The fraction of sp³-hybridized carbons (Fsp3) is 0.529. The third-order valence-electron chi connectivity index (χ3n) is 3.15. The number of amides is 1. The molecule has 1 atom stereocenters. The Bertz CT molecular complexity index is 504. The van der Waals surface area contributed by atoms with Gasteiger partial charge in [-0.25, -0.2) is 4.79 Å². The highest BCUT2D eigenvalue weighted by Gasteiger charge is 2.14. The molecule has 1 rings (SSSR count). The molecule has 0 saturated carbocycles. The van der Waals surface area contributed by atoms with Gasteiger partial charge in [0.15, 0.2) is 0 Å². The minimum atomic E-state index is -0.342. The monoisotopic (exact) mass is 306 g/mol. The fourth-order valence-corrected chi connectivity index (χ4v) is 2.03. The van der Waals surface area contributed by atoms with E-state index < -0.39 is 0 Å². The molecule has 122 valence electrons. The second-order valence-electron chi connectivity index (χ2n) is 6.34. The van der Waals surface area contributed by atoms with Crippen LogP contribution in [0.2, 0.25) is 0 Å². The predicted molar refractivity (Wildman–Crippen MR) is 86.7 cm³/mol. The Hall–Kier alpha value is -1.88. The minimum absolute atomic E-state index is 0.0354. The molecule has 1 aromatic carbocycles. The first kappa shape index (κ1) is 18.2. The number of hydrogen-bond acceptors (Lipinski definition) is 4. The average molecular weight is 306 g/mol. The quantitative estimate of drug-likeness (QED) is 0.792. The topological polar surface area (TPSA) is 67.4 Å². The lowest BCUT2D eigenvalue weighted by Gasteiger charge is -2.21. The van der Waals surface area contributed by atoms with Crippen molar-refractivity contribution in [3.8, 4) is 0 Å². The molecular formula is C17H26N2O3. The Labute approximate surface area is 132 Å². The van der Waals surface area contributed by atoms with E-state index in [0.29, 0.717) is 18.5 Å². The zero-order valence-electron chi connectivity index (χ0n) is 14.0. The van der Waals surface area contributed by atoms with Crippen molar-refractivity contribution >= 4 is 11.9 Å². The Morgan fingerprint density at radius 3 is 2.27 bits per heavy atom. The summed E-state index contributed by atoms with van der Waals surface area (Å²) in [6.07, 6.45) is 0.432. The van der Waals surface area contributed by atoms with Crippen molar-refractivity contribution in [2.75, 3.05) is 13.7 Å². The first-order valence-electron chi connectivity index (χ1n) is 7.45. The predicted octanol–water partition coefficient (Wildman–Crippen LogP) is 2.43. The third kappa shape index (κ3) is 6.26. The van der Waals surface area contributed by atoms with E-state index in [2.05, 4.69) is 15.4 Å². The Kier molecular flexibility index (Phi) is 6.56. The highest BCUT2D eigenvalue weighted by Crippen LogP contribution is 2.14. The van der Waals surface area contributed by atoms with Gasteiger partial charge >= 0.3 is 5.97 Å². The van der Waals surface area contributed by atoms with Gasteiger partial charge in [0.25, 0.3) is 0 Å². The summed E-state index contributed by atoms with van der Waals surface area (Å²) in [6, 6.07) is 7.37. The van der Waals surface area contributed by atoms with Gasteiger partial charge in [-0.15, -0.1) is 0 Å². The second-order valence-corrected chi connectivity index (χ2v) is 6.34. The van der Waals surface area contributed by atoms with Crippen LogP contribution in [0, 0.1) is 0 Å². The number of rotatable bonds is 6. The average Bonchev–Trinajstić information content (AvgIpc) is 2.44. The van der Waals surface area contributed by atoms with E-state index in [1.54, 1.807) is 12.1 Å². The third-order valence-corrected chi connectivity index (χ3v) is 3.15. The summed E-state index contributed by atoms with van der Waals surface area (Å²) in [5, 5.41) is 6.23. The zero-order chi connectivity index (χ0) is 16.8. The molecule has 0 heterocycles. The first-order chi connectivity index (χ1) is 10.2. The smallest absolute Gasteiger partial charge is 0.337 e. The van der Waals surface area contributed by atoms with Crippen molar-refractivity contribution in [3.05, 3.63) is 35.4 Å². The minimum Gasteiger partial charge on any atom is -0.465 e. The maximum Gasteiger partial charge on any atom is 0.337 e. The Morgan fingerprint density at radius 2 is 1.77 bits per heavy atom. The molecule has 5 heteroatoms. The van der Waals surface area contributed by atoms with Gasteiger partial charge in [-0.2, -0.15) is 0 Å². The summed E-state index contributed by atoms with van der Waals surface area (Å²) in [7, 11) is 1.36. The molecule has 2 N–H and O–H groups in total. The summed E-state index contributed by atoms with van der Waals surface area (Å²) < 4.78 is 4.67. The summed E-state index contributed by atoms with van der Waals surface area (Å²) >= 11 is 0. The van der Waals surface area contributed by atoms with Gasteiger partial charge in [0, 0.05) is 24.5 Å². The van der Waals surface area contributed by atoms with Gasteiger partial charge < -0.3 is 15.4 Å². The van der Waals surface area contributed by atoms with Gasteiger partial charge in [-0.05, 0) is 45.4 Å². The lowest BCUT2D eigenvalue weighted by molar-refractivity contribution is -0.122. The van der Waals surface area contributed by atoms with Gasteiger partial charge in [-0.3, -0.25) is 4.79 Å². The lowest BCUT2D eigenvalue weighted by Crippen LogP contribution is -2.41. The van der Waals surface area contributed by atoms with Crippen molar-refractivity contribution < 1.29 is 14.3 Å². The van der Waals surface area contributed by atoms with Crippen molar-refractivity contribution in [2.45, 2.75) is 45.7 Å². The van der Waals surface area contributed by atoms with Crippen LogP contribution in [0.25, 0.3) is 0 Å². The van der Waals surface area contributed by atoms with E-state index in [1.165, 1.54) is 7.11 Å². The molecule has 1 amide bonds. The normalized spacial score (nSPS) is 12.6.